The highest BCUT2D eigenvalue weighted by Gasteiger charge is 2.55. The van der Waals surface area contributed by atoms with Crippen molar-refractivity contribution in [1.82, 2.24) is 19.8 Å². The summed E-state index contributed by atoms with van der Waals surface area (Å²) in [4.78, 5) is 37.9. The number of imidazole rings is 1. The van der Waals surface area contributed by atoms with Crippen molar-refractivity contribution in [1.29, 1.82) is 0 Å². The molecule has 2 aromatic rings. The minimum absolute atomic E-state index is 0.0508. The van der Waals surface area contributed by atoms with Crippen LogP contribution in [0.15, 0.2) is 36.9 Å². The lowest BCUT2D eigenvalue weighted by molar-refractivity contribution is -0.144. The number of rotatable bonds is 3. The van der Waals surface area contributed by atoms with Gasteiger partial charge in [-0.25, -0.2) is 4.98 Å². The summed E-state index contributed by atoms with van der Waals surface area (Å²) in [5, 5.41) is 0. The number of benzene rings is 1. The van der Waals surface area contributed by atoms with E-state index in [4.69, 9.17) is 4.98 Å². The molecule has 3 fully saturated rings. The fourth-order valence-electron chi connectivity index (χ4n) is 4.97. The van der Waals surface area contributed by atoms with Gasteiger partial charge in [0.2, 0.25) is 11.8 Å². The van der Waals surface area contributed by atoms with Crippen molar-refractivity contribution < 1.29 is 9.59 Å². The molecule has 2 saturated heterocycles. The first-order valence-corrected chi connectivity index (χ1v) is 10.3. The van der Waals surface area contributed by atoms with E-state index in [0.29, 0.717) is 6.54 Å². The topological polar surface area (TPSA) is 69.3 Å². The molecule has 1 unspecified atom stereocenters. The first-order chi connectivity index (χ1) is 13.6. The van der Waals surface area contributed by atoms with Crippen LogP contribution >= 0.6 is 0 Å². The van der Waals surface area contributed by atoms with Crippen molar-refractivity contribution in [3.63, 3.8) is 0 Å². The number of para-hydroxylation sites is 2. The molecular weight excluding hydrogens is 352 g/mol. The van der Waals surface area contributed by atoms with Gasteiger partial charge in [0.05, 0.1) is 17.1 Å². The molecule has 3 aliphatic rings. The second-order valence-electron chi connectivity index (χ2n) is 8.57. The van der Waals surface area contributed by atoms with Gasteiger partial charge in [0, 0.05) is 13.1 Å². The van der Waals surface area contributed by atoms with E-state index < -0.39 is 0 Å². The molecule has 2 amide bonds. The van der Waals surface area contributed by atoms with Crippen LogP contribution in [-0.2, 0) is 9.59 Å². The number of likely N-dealkylation sites (tertiary alicyclic amines) is 2. The molecule has 1 spiro atoms. The number of aromatic nitrogens is 2. The Kier molecular flexibility index (Phi) is 4.03. The van der Waals surface area contributed by atoms with Gasteiger partial charge in [-0.2, -0.15) is 0 Å². The molecular formula is C22H26N4O2. The van der Waals surface area contributed by atoms with Gasteiger partial charge in [0.15, 0.2) is 0 Å². The minimum Gasteiger partial charge on any atom is -0.340 e. The van der Waals surface area contributed by atoms with Gasteiger partial charge >= 0.3 is 0 Å². The Morgan fingerprint density at radius 3 is 2.79 bits per heavy atom. The Morgan fingerprint density at radius 1 is 1.21 bits per heavy atom. The molecule has 6 heteroatoms. The highest BCUT2D eigenvalue weighted by atomic mass is 16.2. The quantitative estimate of drug-likeness (QED) is 0.834. The SMILES string of the molecule is C=CC(=O)N1CC2(CC2)C[C@@H]1C(=O)N1CCCCC1c1nc2ccccc2[nH]1. The predicted molar refractivity (Wildman–Crippen MR) is 106 cm³/mol. The molecule has 146 valence electrons. The maximum absolute atomic E-state index is 13.6. The molecule has 1 aromatic heterocycles. The number of nitrogens with one attached hydrogen (secondary N) is 1. The van der Waals surface area contributed by atoms with Crippen molar-refractivity contribution in [2.75, 3.05) is 13.1 Å². The average Bonchev–Trinajstić information content (AvgIpc) is 3.18. The van der Waals surface area contributed by atoms with E-state index in [9.17, 15) is 9.59 Å². The van der Waals surface area contributed by atoms with Gasteiger partial charge in [-0.3, -0.25) is 9.59 Å². The average molecular weight is 378 g/mol. The Bertz CT molecular complexity index is 912. The molecule has 0 bridgehead atoms. The summed E-state index contributed by atoms with van der Waals surface area (Å²) in [6, 6.07) is 7.55. The fraction of sp³-hybridized carbons (Fsp3) is 0.500. The van der Waals surface area contributed by atoms with Crippen LogP contribution in [-0.4, -0.2) is 50.7 Å². The summed E-state index contributed by atoms with van der Waals surface area (Å²) in [7, 11) is 0. The third-order valence-corrected chi connectivity index (χ3v) is 6.72. The summed E-state index contributed by atoms with van der Waals surface area (Å²) in [5.41, 5.74) is 2.09. The number of carbonyl (C=O) groups is 2. The molecule has 2 aliphatic heterocycles. The largest absolute Gasteiger partial charge is 0.340 e. The van der Waals surface area contributed by atoms with Crippen LogP contribution in [0.5, 0.6) is 0 Å². The smallest absolute Gasteiger partial charge is 0.246 e. The number of hydrogen-bond acceptors (Lipinski definition) is 3. The van der Waals surface area contributed by atoms with Gasteiger partial charge in [-0.05, 0) is 62.1 Å². The van der Waals surface area contributed by atoms with E-state index in [1.54, 1.807) is 4.90 Å². The highest BCUT2D eigenvalue weighted by molar-refractivity contribution is 5.93. The maximum atomic E-state index is 13.6. The van der Waals surface area contributed by atoms with Crippen LogP contribution in [0.4, 0.5) is 0 Å². The Balaban J connectivity index is 1.44. The normalized spacial score (nSPS) is 26.0. The van der Waals surface area contributed by atoms with E-state index in [1.165, 1.54) is 6.08 Å². The fourth-order valence-corrected chi connectivity index (χ4v) is 4.97. The lowest BCUT2D eigenvalue weighted by Crippen LogP contribution is -2.50. The first-order valence-electron chi connectivity index (χ1n) is 10.3. The van der Waals surface area contributed by atoms with Crippen LogP contribution in [0.2, 0.25) is 0 Å². The molecule has 3 heterocycles. The minimum atomic E-state index is -0.363. The zero-order chi connectivity index (χ0) is 19.3. The Labute approximate surface area is 164 Å². The summed E-state index contributed by atoms with van der Waals surface area (Å²) in [6.45, 7) is 5.05. The van der Waals surface area contributed by atoms with Gasteiger partial charge in [-0.15, -0.1) is 0 Å². The molecule has 1 saturated carbocycles. The van der Waals surface area contributed by atoms with Gasteiger partial charge in [-0.1, -0.05) is 18.7 Å². The van der Waals surface area contributed by atoms with Crippen LogP contribution in [0.1, 0.15) is 50.4 Å². The number of amides is 2. The number of aromatic amines is 1. The van der Waals surface area contributed by atoms with Gasteiger partial charge in [0.1, 0.15) is 11.9 Å². The van der Waals surface area contributed by atoms with Crippen LogP contribution in [0.25, 0.3) is 11.0 Å². The predicted octanol–water partition coefficient (Wildman–Crippen LogP) is 3.18. The number of carbonyl (C=O) groups excluding carboxylic acids is 2. The highest BCUT2D eigenvalue weighted by Crippen LogP contribution is 2.55. The summed E-state index contributed by atoms with van der Waals surface area (Å²) in [5.74, 6) is 0.804. The molecule has 5 rings (SSSR count). The third-order valence-electron chi connectivity index (χ3n) is 6.72. The number of piperidine rings is 1. The number of hydrogen-bond donors (Lipinski definition) is 1. The summed E-state index contributed by atoms with van der Waals surface area (Å²) in [6.07, 6.45) is 7.34. The molecule has 1 N–H and O–H groups in total. The summed E-state index contributed by atoms with van der Waals surface area (Å²) < 4.78 is 0. The first kappa shape index (κ1) is 17.5. The van der Waals surface area contributed by atoms with Crippen LogP contribution in [0.3, 0.4) is 0 Å². The van der Waals surface area contributed by atoms with E-state index in [0.717, 1.165) is 61.9 Å². The zero-order valence-corrected chi connectivity index (χ0v) is 16.1. The maximum Gasteiger partial charge on any atom is 0.246 e. The van der Waals surface area contributed by atoms with Crippen LogP contribution < -0.4 is 0 Å². The van der Waals surface area contributed by atoms with Gasteiger partial charge in [0.25, 0.3) is 0 Å². The van der Waals surface area contributed by atoms with E-state index in [-0.39, 0.29) is 29.3 Å². The molecule has 0 radical (unpaired) electrons. The van der Waals surface area contributed by atoms with E-state index in [2.05, 4.69) is 11.6 Å². The third kappa shape index (κ3) is 2.82. The molecule has 28 heavy (non-hydrogen) atoms. The lowest BCUT2D eigenvalue weighted by Gasteiger charge is -2.37. The number of fused-ring (bicyclic) bond motifs is 1. The van der Waals surface area contributed by atoms with Gasteiger partial charge < -0.3 is 14.8 Å². The monoisotopic (exact) mass is 378 g/mol. The van der Waals surface area contributed by atoms with Crippen molar-refractivity contribution >= 4 is 22.8 Å². The Morgan fingerprint density at radius 2 is 2.04 bits per heavy atom. The standard InChI is InChI=1S/C22H26N4O2/c1-2-19(27)26-14-22(10-11-22)13-18(26)21(28)25-12-6-5-9-17(25)20-23-15-7-3-4-8-16(15)24-20/h2-4,7-8,17-18H,1,5-6,9-14H2,(H,23,24)/t17?,18-/m1/s1. The van der Waals surface area contributed by atoms with Crippen molar-refractivity contribution in [3.05, 3.63) is 42.7 Å². The van der Waals surface area contributed by atoms with Crippen LogP contribution in [0, 0.1) is 5.41 Å². The zero-order valence-electron chi connectivity index (χ0n) is 16.1. The van der Waals surface area contributed by atoms with Crippen molar-refractivity contribution in [2.45, 2.75) is 50.6 Å². The van der Waals surface area contributed by atoms with Crippen molar-refractivity contribution in [2.24, 2.45) is 5.41 Å². The van der Waals surface area contributed by atoms with Crippen molar-refractivity contribution in [3.8, 4) is 0 Å². The lowest BCUT2D eigenvalue weighted by atomic mass is 9.98. The summed E-state index contributed by atoms with van der Waals surface area (Å²) >= 11 is 0. The van der Waals surface area contributed by atoms with E-state index in [1.807, 2.05) is 29.2 Å². The second kappa shape index (κ2) is 6.47. The molecule has 1 aliphatic carbocycles. The Hall–Kier alpha value is -2.63. The molecule has 1 aromatic carbocycles. The number of H-pyrrole nitrogens is 1. The van der Waals surface area contributed by atoms with E-state index >= 15 is 0 Å². The number of nitrogens with zero attached hydrogens (tertiary/aromatic N) is 3. The molecule has 6 nitrogen and oxygen atoms in total. The molecule has 2 atom stereocenters. The second-order valence-corrected chi connectivity index (χ2v) is 8.57.